The molecule has 2 heterocycles. The van der Waals surface area contributed by atoms with Gasteiger partial charge in [0.2, 0.25) is 0 Å². The highest BCUT2D eigenvalue weighted by atomic mass is 16.5. The van der Waals surface area contributed by atoms with E-state index in [4.69, 9.17) is 4.74 Å². The van der Waals surface area contributed by atoms with Crippen molar-refractivity contribution in [3.05, 3.63) is 57.4 Å². The lowest BCUT2D eigenvalue weighted by atomic mass is 10.4. The molecule has 2 aromatic heterocycles. The van der Waals surface area contributed by atoms with Crippen LogP contribution in [0.25, 0.3) is 0 Å². The number of rotatable bonds is 2. The molecular weight excluding hydrogens is 220 g/mol. The summed E-state index contributed by atoms with van der Waals surface area (Å²) < 4.78 is 8.31. The van der Waals surface area contributed by atoms with E-state index in [2.05, 4.69) is 0 Å². The predicted molar refractivity (Wildman–Crippen MR) is 63.4 cm³/mol. The van der Waals surface area contributed by atoms with Gasteiger partial charge in [0.15, 0.2) is 0 Å². The number of pyridine rings is 2. The van der Waals surface area contributed by atoms with E-state index in [-0.39, 0.29) is 11.1 Å². The molecule has 88 valence electrons. The van der Waals surface area contributed by atoms with E-state index in [1.807, 2.05) is 0 Å². The Balaban J connectivity index is 2.31. The summed E-state index contributed by atoms with van der Waals surface area (Å²) in [5.74, 6) is 0.836. The Bertz CT molecular complexity index is 598. The van der Waals surface area contributed by atoms with E-state index in [1.165, 1.54) is 21.3 Å². The number of hydrogen-bond acceptors (Lipinski definition) is 3. The van der Waals surface area contributed by atoms with Gasteiger partial charge in [0.1, 0.15) is 11.5 Å². The quantitative estimate of drug-likeness (QED) is 0.772. The van der Waals surface area contributed by atoms with Crippen LogP contribution in [0.5, 0.6) is 11.5 Å². The number of aryl methyl sites for hydroxylation is 2. The molecule has 0 bridgehead atoms. The minimum absolute atomic E-state index is 0.161. The van der Waals surface area contributed by atoms with Crippen LogP contribution in [-0.4, -0.2) is 9.13 Å². The number of hydrogen-bond donors (Lipinski definition) is 0. The highest BCUT2D eigenvalue weighted by Crippen LogP contribution is 2.16. The number of nitrogens with zero attached hydrogens (tertiary/aromatic N) is 2. The van der Waals surface area contributed by atoms with Crippen LogP contribution in [0.2, 0.25) is 0 Å². The molecule has 0 aliphatic rings. The average molecular weight is 232 g/mol. The van der Waals surface area contributed by atoms with Gasteiger partial charge in [0, 0.05) is 38.6 Å². The summed E-state index contributed by atoms with van der Waals surface area (Å²) in [7, 11) is 3.31. The van der Waals surface area contributed by atoms with Crippen molar-refractivity contribution in [3.8, 4) is 11.5 Å². The molecular formula is C12H12N2O3. The Labute approximate surface area is 97.5 Å². The summed E-state index contributed by atoms with van der Waals surface area (Å²) in [6.07, 6.45) is 3.22. The topological polar surface area (TPSA) is 53.2 Å². The van der Waals surface area contributed by atoms with Gasteiger partial charge in [-0.2, -0.15) is 0 Å². The van der Waals surface area contributed by atoms with Crippen LogP contribution in [0.4, 0.5) is 0 Å². The van der Waals surface area contributed by atoms with Crippen LogP contribution in [0, 0.1) is 0 Å². The van der Waals surface area contributed by atoms with Crippen molar-refractivity contribution in [3.63, 3.8) is 0 Å². The first-order chi connectivity index (χ1) is 8.06. The lowest BCUT2D eigenvalue weighted by Gasteiger charge is -2.06. The standard InChI is InChI=1S/C12H12N2O3/c1-13-5-3-9(7-11(13)15)17-10-4-6-14(2)12(16)8-10/h3-8H,1-2H3. The van der Waals surface area contributed by atoms with Crippen LogP contribution in [0.15, 0.2) is 46.2 Å². The molecule has 5 heteroatoms. The third kappa shape index (κ3) is 2.44. The van der Waals surface area contributed by atoms with Gasteiger partial charge >= 0.3 is 0 Å². The van der Waals surface area contributed by atoms with E-state index in [0.29, 0.717) is 11.5 Å². The van der Waals surface area contributed by atoms with Gasteiger partial charge in [0.25, 0.3) is 11.1 Å². The molecule has 0 aromatic carbocycles. The fourth-order valence-electron chi connectivity index (χ4n) is 1.32. The highest BCUT2D eigenvalue weighted by Gasteiger charge is 2.00. The molecule has 0 unspecified atom stereocenters. The lowest BCUT2D eigenvalue weighted by molar-refractivity contribution is 0.476. The fraction of sp³-hybridized carbons (Fsp3) is 0.167. The van der Waals surface area contributed by atoms with Crippen molar-refractivity contribution >= 4 is 0 Å². The molecule has 0 fully saturated rings. The van der Waals surface area contributed by atoms with Gasteiger partial charge in [-0.1, -0.05) is 0 Å². The number of aromatic nitrogens is 2. The zero-order valence-corrected chi connectivity index (χ0v) is 9.58. The van der Waals surface area contributed by atoms with Gasteiger partial charge in [-0.15, -0.1) is 0 Å². The van der Waals surface area contributed by atoms with E-state index in [9.17, 15) is 9.59 Å². The summed E-state index contributed by atoms with van der Waals surface area (Å²) in [5, 5.41) is 0. The Morgan fingerprint density at radius 1 is 0.882 bits per heavy atom. The molecule has 0 aliphatic heterocycles. The van der Waals surface area contributed by atoms with Crippen LogP contribution in [0.3, 0.4) is 0 Å². The summed E-state index contributed by atoms with van der Waals surface area (Å²) in [6.45, 7) is 0. The Morgan fingerprint density at radius 3 is 1.65 bits per heavy atom. The summed E-state index contributed by atoms with van der Waals surface area (Å²) in [6, 6.07) is 6.08. The van der Waals surface area contributed by atoms with Crippen LogP contribution < -0.4 is 15.9 Å². The molecule has 0 radical (unpaired) electrons. The van der Waals surface area contributed by atoms with Crippen LogP contribution >= 0.6 is 0 Å². The molecule has 2 rings (SSSR count). The first-order valence-corrected chi connectivity index (χ1v) is 5.07. The monoisotopic (exact) mass is 232 g/mol. The SMILES string of the molecule is Cn1ccc(Oc2ccn(C)c(=O)c2)cc1=O. The summed E-state index contributed by atoms with van der Waals surface area (Å²) >= 11 is 0. The molecule has 0 aliphatic carbocycles. The Hall–Kier alpha value is -2.30. The maximum atomic E-state index is 11.4. The van der Waals surface area contributed by atoms with E-state index < -0.39 is 0 Å². The maximum absolute atomic E-state index is 11.4. The van der Waals surface area contributed by atoms with Crippen molar-refractivity contribution in [1.29, 1.82) is 0 Å². The molecule has 17 heavy (non-hydrogen) atoms. The first kappa shape index (κ1) is 11.2. The number of ether oxygens (including phenoxy) is 1. The second kappa shape index (κ2) is 4.29. The molecule has 0 saturated carbocycles. The zero-order valence-electron chi connectivity index (χ0n) is 9.58. The fourth-order valence-corrected chi connectivity index (χ4v) is 1.32. The van der Waals surface area contributed by atoms with Crippen molar-refractivity contribution in [2.24, 2.45) is 14.1 Å². The second-order valence-corrected chi connectivity index (χ2v) is 3.73. The molecule has 2 aromatic rings. The van der Waals surface area contributed by atoms with Gasteiger partial charge in [0.05, 0.1) is 0 Å². The van der Waals surface area contributed by atoms with Crippen LogP contribution in [0.1, 0.15) is 0 Å². The normalized spacial score (nSPS) is 10.2. The average Bonchev–Trinajstić information content (AvgIpc) is 2.29. The largest absolute Gasteiger partial charge is 0.457 e. The van der Waals surface area contributed by atoms with Gasteiger partial charge in [-0.3, -0.25) is 9.59 Å². The van der Waals surface area contributed by atoms with Crippen LogP contribution in [-0.2, 0) is 14.1 Å². The highest BCUT2D eigenvalue weighted by molar-refractivity contribution is 5.27. The summed E-state index contributed by atoms with van der Waals surface area (Å²) in [4.78, 5) is 22.7. The molecule has 0 atom stereocenters. The molecule has 0 N–H and O–H groups in total. The first-order valence-electron chi connectivity index (χ1n) is 5.07. The van der Waals surface area contributed by atoms with E-state index in [0.717, 1.165) is 0 Å². The van der Waals surface area contributed by atoms with Crippen molar-refractivity contribution < 1.29 is 4.74 Å². The Morgan fingerprint density at radius 2 is 1.29 bits per heavy atom. The third-order valence-corrected chi connectivity index (χ3v) is 2.39. The third-order valence-electron chi connectivity index (χ3n) is 2.39. The van der Waals surface area contributed by atoms with Crippen molar-refractivity contribution in [2.75, 3.05) is 0 Å². The van der Waals surface area contributed by atoms with Gasteiger partial charge in [-0.25, -0.2) is 0 Å². The van der Waals surface area contributed by atoms with Gasteiger partial charge in [-0.05, 0) is 12.1 Å². The minimum Gasteiger partial charge on any atom is -0.457 e. The second-order valence-electron chi connectivity index (χ2n) is 3.73. The predicted octanol–water partition coefficient (Wildman–Crippen LogP) is 0.876. The van der Waals surface area contributed by atoms with E-state index >= 15 is 0 Å². The lowest BCUT2D eigenvalue weighted by Crippen LogP contribution is -2.15. The smallest absolute Gasteiger partial charge is 0.253 e. The Kier molecular flexibility index (Phi) is 2.82. The summed E-state index contributed by atoms with van der Waals surface area (Å²) in [5.41, 5.74) is -0.322. The zero-order chi connectivity index (χ0) is 12.4. The van der Waals surface area contributed by atoms with Crippen molar-refractivity contribution in [2.45, 2.75) is 0 Å². The van der Waals surface area contributed by atoms with Gasteiger partial charge < -0.3 is 13.9 Å². The minimum atomic E-state index is -0.161. The molecule has 0 spiro atoms. The van der Waals surface area contributed by atoms with E-state index in [1.54, 1.807) is 38.6 Å². The molecule has 0 amide bonds. The van der Waals surface area contributed by atoms with Crippen molar-refractivity contribution in [1.82, 2.24) is 9.13 Å². The molecule has 5 nitrogen and oxygen atoms in total. The molecule has 0 saturated heterocycles. The maximum Gasteiger partial charge on any atom is 0.253 e.